The topological polar surface area (TPSA) is 61.4 Å². The molecular weight excluding hydrogens is 397 g/mol. The fourth-order valence-corrected chi connectivity index (χ4v) is 3.78. The molecule has 0 spiro atoms. The van der Waals surface area contributed by atoms with E-state index >= 15 is 0 Å². The van der Waals surface area contributed by atoms with Crippen LogP contribution in [0.15, 0.2) is 18.2 Å². The number of amides is 2. The molecule has 2 fully saturated rings. The van der Waals surface area contributed by atoms with Gasteiger partial charge in [0.25, 0.3) is 5.91 Å². The van der Waals surface area contributed by atoms with Crippen LogP contribution in [0.1, 0.15) is 36.0 Å². The van der Waals surface area contributed by atoms with E-state index in [1.807, 2.05) is 0 Å². The van der Waals surface area contributed by atoms with Gasteiger partial charge in [-0.1, -0.05) is 23.2 Å². The minimum Gasteiger partial charge on any atom is -0.352 e. The maximum absolute atomic E-state index is 12.7. The number of piperidine rings is 2. The molecule has 1 unspecified atom stereocenters. The Morgan fingerprint density at radius 3 is 2.65 bits per heavy atom. The van der Waals surface area contributed by atoms with Gasteiger partial charge in [-0.05, 0) is 50.4 Å². The van der Waals surface area contributed by atoms with Crippen molar-refractivity contribution in [2.24, 2.45) is 5.92 Å². The molecular formula is C18H24Cl3N3O2. The monoisotopic (exact) mass is 419 g/mol. The molecule has 2 aliphatic heterocycles. The predicted octanol–water partition coefficient (Wildman–Crippen LogP) is 3.14. The first kappa shape index (κ1) is 21.3. The van der Waals surface area contributed by atoms with Crippen LogP contribution in [-0.2, 0) is 4.79 Å². The molecule has 26 heavy (non-hydrogen) atoms. The highest BCUT2D eigenvalue weighted by Crippen LogP contribution is 2.25. The Bertz CT molecular complexity index is 651. The highest BCUT2D eigenvalue weighted by atomic mass is 35.5. The van der Waals surface area contributed by atoms with E-state index in [0.29, 0.717) is 28.7 Å². The molecule has 0 radical (unpaired) electrons. The van der Waals surface area contributed by atoms with Crippen LogP contribution >= 0.6 is 35.6 Å². The SMILES string of the molecule is Cl.O=C(N[C@H]1CCCNC1)C1CCCN(C(=O)c2ccc(Cl)c(Cl)c2)C1. The summed E-state index contributed by atoms with van der Waals surface area (Å²) in [6.07, 6.45) is 3.74. The summed E-state index contributed by atoms with van der Waals surface area (Å²) < 4.78 is 0. The first-order chi connectivity index (χ1) is 12.0. The molecule has 1 aromatic rings. The second kappa shape index (κ2) is 9.79. The Hall–Kier alpha value is -1.01. The van der Waals surface area contributed by atoms with Crippen LogP contribution in [0.4, 0.5) is 0 Å². The van der Waals surface area contributed by atoms with Gasteiger partial charge in [0.05, 0.1) is 16.0 Å². The van der Waals surface area contributed by atoms with E-state index in [0.717, 1.165) is 38.8 Å². The molecule has 2 amide bonds. The highest BCUT2D eigenvalue weighted by Gasteiger charge is 2.30. The van der Waals surface area contributed by atoms with Crippen LogP contribution in [0.5, 0.6) is 0 Å². The van der Waals surface area contributed by atoms with Crippen molar-refractivity contribution in [3.63, 3.8) is 0 Å². The van der Waals surface area contributed by atoms with E-state index in [1.165, 1.54) is 0 Å². The first-order valence-corrected chi connectivity index (χ1v) is 9.55. The van der Waals surface area contributed by atoms with Crippen molar-refractivity contribution in [2.75, 3.05) is 26.2 Å². The minimum atomic E-state index is -0.151. The lowest BCUT2D eigenvalue weighted by molar-refractivity contribution is -0.127. The molecule has 8 heteroatoms. The van der Waals surface area contributed by atoms with E-state index < -0.39 is 0 Å². The maximum atomic E-state index is 12.7. The number of rotatable bonds is 3. The van der Waals surface area contributed by atoms with Gasteiger partial charge in [0.1, 0.15) is 0 Å². The van der Waals surface area contributed by atoms with Gasteiger partial charge in [-0.3, -0.25) is 9.59 Å². The van der Waals surface area contributed by atoms with Gasteiger partial charge in [0.2, 0.25) is 5.91 Å². The smallest absolute Gasteiger partial charge is 0.253 e. The second-order valence-electron chi connectivity index (χ2n) is 6.77. The Labute approximate surface area is 170 Å². The zero-order valence-electron chi connectivity index (χ0n) is 14.5. The third-order valence-electron chi connectivity index (χ3n) is 4.89. The van der Waals surface area contributed by atoms with Gasteiger partial charge in [-0.25, -0.2) is 0 Å². The van der Waals surface area contributed by atoms with Crippen molar-refractivity contribution in [3.05, 3.63) is 33.8 Å². The summed E-state index contributed by atoms with van der Waals surface area (Å²) in [6.45, 7) is 2.95. The number of halogens is 3. The van der Waals surface area contributed by atoms with Gasteiger partial charge in [0, 0.05) is 31.2 Å². The van der Waals surface area contributed by atoms with E-state index in [2.05, 4.69) is 10.6 Å². The minimum absolute atomic E-state index is 0. The number of hydrogen-bond acceptors (Lipinski definition) is 3. The molecule has 2 aliphatic rings. The van der Waals surface area contributed by atoms with Gasteiger partial charge in [-0.2, -0.15) is 0 Å². The number of carbonyl (C=O) groups is 2. The van der Waals surface area contributed by atoms with Gasteiger partial charge < -0.3 is 15.5 Å². The summed E-state index contributed by atoms with van der Waals surface area (Å²) in [5.41, 5.74) is 0.506. The van der Waals surface area contributed by atoms with Crippen molar-refractivity contribution < 1.29 is 9.59 Å². The summed E-state index contributed by atoms with van der Waals surface area (Å²) >= 11 is 11.9. The summed E-state index contributed by atoms with van der Waals surface area (Å²) in [5, 5.41) is 7.22. The van der Waals surface area contributed by atoms with Crippen molar-refractivity contribution >= 4 is 47.4 Å². The predicted molar refractivity (Wildman–Crippen MR) is 106 cm³/mol. The van der Waals surface area contributed by atoms with Crippen molar-refractivity contribution in [1.82, 2.24) is 15.5 Å². The third-order valence-corrected chi connectivity index (χ3v) is 5.63. The van der Waals surface area contributed by atoms with E-state index in [4.69, 9.17) is 23.2 Å². The summed E-state index contributed by atoms with van der Waals surface area (Å²) in [7, 11) is 0. The quantitative estimate of drug-likeness (QED) is 0.790. The molecule has 0 saturated carbocycles. The molecule has 0 bridgehead atoms. The summed E-state index contributed by atoms with van der Waals surface area (Å²) in [5.74, 6) is -0.196. The van der Waals surface area contributed by atoms with Gasteiger partial charge in [-0.15, -0.1) is 12.4 Å². The highest BCUT2D eigenvalue weighted by molar-refractivity contribution is 6.42. The molecule has 144 valence electrons. The second-order valence-corrected chi connectivity index (χ2v) is 7.59. The summed E-state index contributed by atoms with van der Waals surface area (Å²) in [4.78, 5) is 27.0. The number of hydrogen-bond donors (Lipinski definition) is 2. The lowest BCUT2D eigenvalue weighted by Gasteiger charge is -2.33. The first-order valence-electron chi connectivity index (χ1n) is 8.80. The zero-order valence-corrected chi connectivity index (χ0v) is 16.8. The number of likely N-dealkylation sites (tertiary alicyclic amines) is 1. The van der Waals surface area contributed by atoms with Crippen molar-refractivity contribution in [2.45, 2.75) is 31.7 Å². The number of carbonyl (C=O) groups excluding carboxylic acids is 2. The average Bonchev–Trinajstić information content (AvgIpc) is 2.64. The fraction of sp³-hybridized carbons (Fsp3) is 0.556. The van der Waals surface area contributed by atoms with Crippen molar-refractivity contribution in [1.29, 1.82) is 0 Å². The van der Waals surface area contributed by atoms with E-state index in [9.17, 15) is 9.59 Å². The number of nitrogens with one attached hydrogen (secondary N) is 2. The number of benzene rings is 1. The Morgan fingerprint density at radius 1 is 1.15 bits per heavy atom. The fourth-order valence-electron chi connectivity index (χ4n) is 3.48. The molecule has 2 heterocycles. The van der Waals surface area contributed by atoms with Crippen LogP contribution in [0.3, 0.4) is 0 Å². The number of nitrogens with zero attached hydrogens (tertiary/aromatic N) is 1. The van der Waals surface area contributed by atoms with Crippen molar-refractivity contribution in [3.8, 4) is 0 Å². The lowest BCUT2D eigenvalue weighted by atomic mass is 9.95. The molecule has 0 aliphatic carbocycles. The Balaban J connectivity index is 0.00000243. The third kappa shape index (κ3) is 5.26. The van der Waals surface area contributed by atoms with Crippen LogP contribution < -0.4 is 10.6 Å². The molecule has 3 rings (SSSR count). The average molecular weight is 421 g/mol. The molecule has 2 saturated heterocycles. The Kier molecular flexibility index (Phi) is 8.02. The van der Waals surface area contributed by atoms with E-state index in [1.54, 1.807) is 23.1 Å². The Morgan fingerprint density at radius 2 is 1.96 bits per heavy atom. The molecule has 1 aromatic carbocycles. The van der Waals surface area contributed by atoms with E-state index in [-0.39, 0.29) is 36.2 Å². The molecule has 2 N–H and O–H groups in total. The largest absolute Gasteiger partial charge is 0.352 e. The standard InChI is InChI=1S/C18H23Cl2N3O2.ClH/c19-15-6-5-12(9-16(15)20)18(25)23-8-2-3-13(11-23)17(24)22-14-4-1-7-21-10-14;/h5-6,9,13-14,21H,1-4,7-8,10-11H2,(H,22,24);1H/t13?,14-;/m0./s1. The lowest BCUT2D eigenvalue weighted by Crippen LogP contribution is -2.51. The zero-order chi connectivity index (χ0) is 17.8. The van der Waals surface area contributed by atoms with Crippen LogP contribution in [0, 0.1) is 5.92 Å². The molecule has 5 nitrogen and oxygen atoms in total. The summed E-state index contributed by atoms with van der Waals surface area (Å²) in [6, 6.07) is 5.08. The van der Waals surface area contributed by atoms with Crippen LogP contribution in [0.25, 0.3) is 0 Å². The van der Waals surface area contributed by atoms with Gasteiger partial charge >= 0.3 is 0 Å². The molecule has 0 aromatic heterocycles. The maximum Gasteiger partial charge on any atom is 0.253 e. The van der Waals surface area contributed by atoms with Crippen LogP contribution in [-0.4, -0.2) is 48.9 Å². The molecule has 2 atom stereocenters. The van der Waals surface area contributed by atoms with Gasteiger partial charge in [0.15, 0.2) is 0 Å². The normalized spacial score (nSPS) is 23.1. The van der Waals surface area contributed by atoms with Crippen LogP contribution in [0.2, 0.25) is 10.0 Å².